The molecule has 0 fully saturated rings. The summed E-state index contributed by atoms with van der Waals surface area (Å²) in [7, 11) is 0. The van der Waals surface area contributed by atoms with E-state index in [2.05, 4.69) is 184 Å². The number of hydrogen-bond donors (Lipinski definition) is 0. The van der Waals surface area contributed by atoms with E-state index in [9.17, 15) is 0 Å². The van der Waals surface area contributed by atoms with Crippen LogP contribution in [0, 0.1) is 0 Å². The Labute approximate surface area is 307 Å². The summed E-state index contributed by atoms with van der Waals surface area (Å²) in [6, 6.07) is 64.2. The number of benzene rings is 11. The van der Waals surface area contributed by atoms with Crippen molar-refractivity contribution in [3.63, 3.8) is 0 Å². The summed E-state index contributed by atoms with van der Waals surface area (Å²) in [5, 5.41) is 18.3. The van der Waals surface area contributed by atoms with Gasteiger partial charge in [-0.25, -0.2) is 0 Å². The lowest BCUT2D eigenvalue weighted by Gasteiger charge is -2.24. The second kappa shape index (κ2) is 10.3. The quantitative estimate of drug-likeness (QED) is 0.127. The molecule has 0 unspecified atom stereocenters. The lowest BCUT2D eigenvalue weighted by Crippen LogP contribution is -2.14. The van der Waals surface area contributed by atoms with Crippen LogP contribution in [0.5, 0.6) is 0 Å². The number of fused-ring (bicyclic) bond motifs is 8. The standard InChI is InChI=1S/C53H34/c1-53(2)47-26-8-7-18-34(47)44-29-45-46(30-48(44)53)51(35-21-9-14-31-13-3-4-17-33(31)35)38-19-5-6-20-39(38)52(45)43-28-27-42-37-23-11-16-32-15-10-22-36(49(32)37)40-24-12-25-41(43)50(40)42/h3-30H,1-2H3. The normalized spacial score (nSPS) is 13.6. The fourth-order valence-corrected chi connectivity index (χ4v) is 10.3. The lowest BCUT2D eigenvalue weighted by molar-refractivity contribution is 0.661. The van der Waals surface area contributed by atoms with Crippen LogP contribution in [-0.4, -0.2) is 0 Å². The van der Waals surface area contributed by atoms with Gasteiger partial charge in [0.05, 0.1) is 0 Å². The Morgan fingerprint density at radius 1 is 0.283 bits per heavy atom. The summed E-state index contributed by atoms with van der Waals surface area (Å²) in [6.07, 6.45) is 0. The van der Waals surface area contributed by atoms with Gasteiger partial charge in [0.1, 0.15) is 0 Å². The van der Waals surface area contributed by atoms with E-state index in [-0.39, 0.29) is 5.41 Å². The first-order valence-electron chi connectivity index (χ1n) is 18.8. The zero-order valence-electron chi connectivity index (χ0n) is 29.7. The smallest absolute Gasteiger partial charge is 0.0159 e. The van der Waals surface area contributed by atoms with Crippen LogP contribution in [0.4, 0.5) is 0 Å². The van der Waals surface area contributed by atoms with Crippen LogP contribution < -0.4 is 0 Å². The predicted octanol–water partition coefficient (Wildman–Crippen LogP) is 14.8. The summed E-state index contributed by atoms with van der Waals surface area (Å²) in [5.41, 5.74) is 10.6. The van der Waals surface area contributed by atoms with Crippen molar-refractivity contribution in [1.29, 1.82) is 0 Å². The molecule has 11 aromatic carbocycles. The zero-order chi connectivity index (χ0) is 35.0. The Hall–Kier alpha value is -6.50. The molecule has 0 nitrogen and oxygen atoms in total. The minimum Gasteiger partial charge on any atom is -0.0619 e. The molecule has 0 radical (unpaired) electrons. The highest BCUT2D eigenvalue weighted by Gasteiger charge is 2.36. The molecule has 0 atom stereocenters. The van der Waals surface area contributed by atoms with Gasteiger partial charge < -0.3 is 0 Å². The third-order valence-electron chi connectivity index (χ3n) is 12.6. The highest BCUT2D eigenvalue weighted by atomic mass is 14.4. The van der Waals surface area contributed by atoms with Crippen LogP contribution in [0.2, 0.25) is 0 Å². The molecule has 0 aliphatic heterocycles. The van der Waals surface area contributed by atoms with Gasteiger partial charge in [-0.2, -0.15) is 0 Å². The van der Waals surface area contributed by atoms with Crippen molar-refractivity contribution in [1.82, 2.24) is 0 Å². The first-order chi connectivity index (χ1) is 26.1. The Morgan fingerprint density at radius 2 is 0.774 bits per heavy atom. The molecule has 0 bridgehead atoms. The molecular weight excluding hydrogens is 637 g/mol. The Morgan fingerprint density at radius 3 is 1.55 bits per heavy atom. The minimum absolute atomic E-state index is 0.114. The predicted molar refractivity (Wildman–Crippen MR) is 229 cm³/mol. The topological polar surface area (TPSA) is 0 Å². The SMILES string of the molecule is CC1(C)c2ccccc2-c2cc3c(-c4ccc5c6cccc7cccc(c8cccc4c85)c76)c4ccccc4c(-c4cccc5ccccc45)c3cc21. The van der Waals surface area contributed by atoms with E-state index in [4.69, 9.17) is 0 Å². The van der Waals surface area contributed by atoms with E-state index in [1.165, 1.54) is 120 Å². The molecule has 12 rings (SSSR count). The van der Waals surface area contributed by atoms with E-state index in [0.29, 0.717) is 0 Å². The van der Waals surface area contributed by atoms with Gasteiger partial charge in [-0.1, -0.05) is 172 Å². The van der Waals surface area contributed by atoms with Crippen molar-refractivity contribution in [3.8, 4) is 33.4 Å². The van der Waals surface area contributed by atoms with Crippen molar-refractivity contribution < 1.29 is 0 Å². The Balaban J connectivity index is 1.30. The van der Waals surface area contributed by atoms with Crippen LogP contribution in [-0.2, 0) is 5.41 Å². The average Bonchev–Trinajstić information content (AvgIpc) is 3.43. The van der Waals surface area contributed by atoms with Crippen LogP contribution >= 0.6 is 0 Å². The molecule has 53 heavy (non-hydrogen) atoms. The van der Waals surface area contributed by atoms with Crippen molar-refractivity contribution in [3.05, 3.63) is 181 Å². The maximum atomic E-state index is 2.56. The maximum absolute atomic E-state index is 2.56. The average molecular weight is 671 g/mol. The summed E-state index contributed by atoms with van der Waals surface area (Å²) < 4.78 is 0. The van der Waals surface area contributed by atoms with Gasteiger partial charge >= 0.3 is 0 Å². The zero-order valence-corrected chi connectivity index (χ0v) is 29.7. The molecule has 0 spiro atoms. The van der Waals surface area contributed by atoms with Crippen LogP contribution in [0.25, 0.3) is 109 Å². The fraction of sp³-hybridized carbons (Fsp3) is 0.0566. The van der Waals surface area contributed by atoms with E-state index < -0.39 is 0 Å². The van der Waals surface area contributed by atoms with Crippen molar-refractivity contribution in [2.75, 3.05) is 0 Å². The molecule has 246 valence electrons. The van der Waals surface area contributed by atoms with Gasteiger partial charge in [-0.05, 0) is 132 Å². The van der Waals surface area contributed by atoms with Gasteiger partial charge in [0, 0.05) is 5.41 Å². The largest absolute Gasteiger partial charge is 0.0619 e. The lowest BCUT2D eigenvalue weighted by atomic mass is 9.78. The van der Waals surface area contributed by atoms with Crippen molar-refractivity contribution in [2.45, 2.75) is 19.3 Å². The first kappa shape index (κ1) is 29.1. The van der Waals surface area contributed by atoms with Gasteiger partial charge in [0.25, 0.3) is 0 Å². The van der Waals surface area contributed by atoms with Crippen LogP contribution in [0.1, 0.15) is 25.0 Å². The molecule has 0 saturated carbocycles. The first-order valence-corrected chi connectivity index (χ1v) is 18.8. The molecule has 0 amide bonds. The summed E-state index contributed by atoms with van der Waals surface area (Å²) in [6.45, 7) is 4.79. The summed E-state index contributed by atoms with van der Waals surface area (Å²) in [5.74, 6) is 0. The Kier molecular flexibility index (Phi) is 5.66. The highest BCUT2D eigenvalue weighted by Crippen LogP contribution is 2.54. The minimum atomic E-state index is -0.114. The molecule has 0 heteroatoms. The number of rotatable bonds is 2. The van der Waals surface area contributed by atoms with Gasteiger partial charge in [0.2, 0.25) is 0 Å². The molecule has 0 aromatic heterocycles. The van der Waals surface area contributed by atoms with Gasteiger partial charge in [-0.3, -0.25) is 0 Å². The molecule has 0 saturated heterocycles. The molecule has 0 heterocycles. The molecule has 0 N–H and O–H groups in total. The van der Waals surface area contributed by atoms with Gasteiger partial charge in [0.15, 0.2) is 0 Å². The fourth-order valence-electron chi connectivity index (χ4n) is 10.3. The van der Waals surface area contributed by atoms with E-state index >= 15 is 0 Å². The third-order valence-corrected chi connectivity index (χ3v) is 12.6. The monoisotopic (exact) mass is 670 g/mol. The van der Waals surface area contributed by atoms with E-state index in [1.54, 1.807) is 0 Å². The highest BCUT2D eigenvalue weighted by molar-refractivity contribution is 6.35. The Bertz CT molecular complexity index is 3300. The molecular formula is C53H34. The summed E-state index contributed by atoms with van der Waals surface area (Å²) >= 11 is 0. The van der Waals surface area contributed by atoms with Crippen LogP contribution in [0.3, 0.4) is 0 Å². The molecule has 1 aliphatic rings. The maximum Gasteiger partial charge on any atom is 0.0159 e. The van der Waals surface area contributed by atoms with Crippen molar-refractivity contribution >= 4 is 75.4 Å². The number of hydrogen-bond acceptors (Lipinski definition) is 0. The molecule has 1 aliphatic carbocycles. The van der Waals surface area contributed by atoms with Crippen molar-refractivity contribution in [2.24, 2.45) is 0 Å². The van der Waals surface area contributed by atoms with E-state index in [0.717, 1.165) is 0 Å². The van der Waals surface area contributed by atoms with Crippen LogP contribution in [0.15, 0.2) is 170 Å². The third kappa shape index (κ3) is 3.75. The van der Waals surface area contributed by atoms with E-state index in [1.807, 2.05) is 0 Å². The second-order valence-corrected chi connectivity index (χ2v) is 15.5. The molecule has 11 aromatic rings. The summed E-state index contributed by atoms with van der Waals surface area (Å²) in [4.78, 5) is 0. The second-order valence-electron chi connectivity index (χ2n) is 15.5. The van der Waals surface area contributed by atoms with Gasteiger partial charge in [-0.15, -0.1) is 0 Å².